The number of carbonyl (C=O) groups excluding carboxylic acids is 1. The highest BCUT2D eigenvalue weighted by Gasteiger charge is 2.25. The summed E-state index contributed by atoms with van der Waals surface area (Å²) in [6, 6.07) is 1.91. The van der Waals surface area contributed by atoms with Crippen LogP contribution in [0.15, 0.2) is 37.1 Å². The predicted octanol–water partition coefficient (Wildman–Crippen LogP) is 2.35. The topological polar surface area (TPSA) is 96.8 Å². The van der Waals surface area contributed by atoms with Gasteiger partial charge < -0.3 is 10.2 Å². The normalized spacial score (nSPS) is 14.8. The lowest BCUT2D eigenvalue weighted by Gasteiger charge is -2.32. The smallest absolute Gasteiger partial charge is 0.263 e. The highest BCUT2D eigenvalue weighted by molar-refractivity contribution is 7.17. The molecule has 144 valence electrons. The Kier molecular flexibility index (Phi) is 5.52. The second-order valence-corrected chi connectivity index (χ2v) is 7.52. The first-order chi connectivity index (χ1) is 13.7. The first kappa shape index (κ1) is 18.4. The van der Waals surface area contributed by atoms with Gasteiger partial charge in [-0.05, 0) is 25.3 Å². The Balaban J connectivity index is 1.41. The van der Waals surface area contributed by atoms with Gasteiger partial charge in [0.15, 0.2) is 10.8 Å². The molecule has 1 fully saturated rings. The number of amides is 1. The number of aromatic nitrogens is 5. The number of hydrogen-bond acceptors (Lipinski definition) is 8. The molecule has 4 rings (SSSR count). The quantitative estimate of drug-likeness (QED) is 0.708. The largest absolute Gasteiger partial charge is 0.355 e. The molecule has 3 aromatic heterocycles. The predicted molar refractivity (Wildman–Crippen MR) is 107 cm³/mol. The standard InChI is InChI=1S/C19H21N7OS/c1-2-14-16(28-19(25-14)17-22-6-3-7-23-17)18(27)24-13-4-10-26(11-5-13)15-12-20-8-9-21-15/h3,6-9,12-13H,2,4-5,10-11H2,1H3,(H,24,27). The lowest BCUT2D eigenvalue weighted by molar-refractivity contribution is 0.0934. The minimum atomic E-state index is -0.0607. The van der Waals surface area contributed by atoms with Crippen molar-refractivity contribution in [3.63, 3.8) is 0 Å². The monoisotopic (exact) mass is 395 g/mol. The molecular weight excluding hydrogens is 374 g/mol. The van der Waals surface area contributed by atoms with E-state index in [-0.39, 0.29) is 11.9 Å². The van der Waals surface area contributed by atoms with Gasteiger partial charge in [0.25, 0.3) is 5.91 Å². The molecule has 28 heavy (non-hydrogen) atoms. The lowest BCUT2D eigenvalue weighted by atomic mass is 10.0. The summed E-state index contributed by atoms with van der Waals surface area (Å²) in [4.78, 5) is 37.2. The van der Waals surface area contributed by atoms with E-state index in [1.165, 1.54) is 11.3 Å². The number of rotatable bonds is 5. The molecule has 1 saturated heterocycles. The van der Waals surface area contributed by atoms with Gasteiger partial charge in [-0.1, -0.05) is 6.92 Å². The zero-order chi connectivity index (χ0) is 19.3. The van der Waals surface area contributed by atoms with Gasteiger partial charge in [-0.2, -0.15) is 0 Å². The fourth-order valence-electron chi connectivity index (χ4n) is 3.23. The first-order valence-corrected chi connectivity index (χ1v) is 10.1. The molecule has 0 aromatic carbocycles. The third-order valence-electron chi connectivity index (χ3n) is 4.70. The zero-order valence-corrected chi connectivity index (χ0v) is 16.4. The Labute approximate surface area is 167 Å². The summed E-state index contributed by atoms with van der Waals surface area (Å²) in [6.07, 6.45) is 10.9. The van der Waals surface area contributed by atoms with E-state index < -0.39 is 0 Å². The van der Waals surface area contributed by atoms with Crippen molar-refractivity contribution in [2.24, 2.45) is 0 Å². The lowest BCUT2D eigenvalue weighted by Crippen LogP contribution is -2.45. The number of nitrogens with zero attached hydrogens (tertiary/aromatic N) is 6. The maximum atomic E-state index is 12.9. The van der Waals surface area contributed by atoms with E-state index in [1.54, 1.807) is 37.1 Å². The van der Waals surface area contributed by atoms with Gasteiger partial charge in [0, 0.05) is 43.9 Å². The van der Waals surface area contributed by atoms with Crippen molar-refractivity contribution in [1.82, 2.24) is 30.2 Å². The van der Waals surface area contributed by atoms with Crippen molar-refractivity contribution < 1.29 is 4.79 Å². The Morgan fingerprint density at radius 3 is 2.64 bits per heavy atom. The number of aryl methyl sites for hydroxylation is 1. The number of anilines is 1. The van der Waals surface area contributed by atoms with E-state index in [9.17, 15) is 4.79 Å². The molecule has 1 aliphatic rings. The van der Waals surface area contributed by atoms with Crippen LogP contribution in [0, 0.1) is 0 Å². The van der Waals surface area contributed by atoms with E-state index >= 15 is 0 Å². The minimum absolute atomic E-state index is 0.0607. The number of hydrogen-bond donors (Lipinski definition) is 1. The van der Waals surface area contributed by atoms with Crippen LogP contribution in [0.2, 0.25) is 0 Å². The van der Waals surface area contributed by atoms with E-state index in [2.05, 4.69) is 35.1 Å². The van der Waals surface area contributed by atoms with Crippen LogP contribution >= 0.6 is 11.3 Å². The summed E-state index contributed by atoms with van der Waals surface area (Å²) >= 11 is 1.35. The molecule has 0 radical (unpaired) electrons. The third kappa shape index (κ3) is 3.99. The van der Waals surface area contributed by atoms with Crippen molar-refractivity contribution >= 4 is 23.1 Å². The van der Waals surface area contributed by atoms with Gasteiger partial charge >= 0.3 is 0 Å². The number of thiazole rings is 1. The second-order valence-electron chi connectivity index (χ2n) is 6.52. The van der Waals surface area contributed by atoms with E-state index in [4.69, 9.17) is 0 Å². The molecule has 1 N–H and O–H groups in total. The summed E-state index contributed by atoms with van der Waals surface area (Å²) in [5, 5.41) is 3.86. The molecule has 0 atom stereocenters. The summed E-state index contributed by atoms with van der Waals surface area (Å²) < 4.78 is 0. The molecule has 1 aliphatic heterocycles. The van der Waals surface area contributed by atoms with Crippen molar-refractivity contribution in [2.75, 3.05) is 18.0 Å². The van der Waals surface area contributed by atoms with E-state index in [1.807, 2.05) is 6.92 Å². The van der Waals surface area contributed by atoms with Gasteiger partial charge in [-0.15, -0.1) is 11.3 Å². The molecule has 0 unspecified atom stereocenters. The van der Waals surface area contributed by atoms with Crippen LogP contribution in [-0.4, -0.2) is 50.0 Å². The molecule has 1 amide bonds. The third-order valence-corrected chi connectivity index (χ3v) is 5.79. The zero-order valence-electron chi connectivity index (χ0n) is 15.6. The van der Waals surface area contributed by atoms with Gasteiger partial charge in [0.1, 0.15) is 10.7 Å². The average Bonchev–Trinajstić information content (AvgIpc) is 3.20. The minimum Gasteiger partial charge on any atom is -0.355 e. The van der Waals surface area contributed by atoms with Crippen molar-refractivity contribution in [3.05, 3.63) is 47.6 Å². The highest BCUT2D eigenvalue weighted by Crippen LogP contribution is 2.26. The Morgan fingerprint density at radius 1 is 1.18 bits per heavy atom. The van der Waals surface area contributed by atoms with Crippen molar-refractivity contribution in [1.29, 1.82) is 0 Å². The molecule has 3 aromatic rings. The van der Waals surface area contributed by atoms with E-state index in [0.717, 1.165) is 37.4 Å². The number of piperidine rings is 1. The summed E-state index contributed by atoms with van der Waals surface area (Å²) in [5.74, 6) is 1.38. The summed E-state index contributed by atoms with van der Waals surface area (Å²) in [5.41, 5.74) is 0.793. The van der Waals surface area contributed by atoms with Crippen LogP contribution in [0.5, 0.6) is 0 Å². The molecule has 0 aliphatic carbocycles. The number of carbonyl (C=O) groups is 1. The molecule has 0 spiro atoms. The molecule has 9 heteroatoms. The Bertz CT molecular complexity index is 924. The molecule has 0 saturated carbocycles. The second kappa shape index (κ2) is 8.39. The summed E-state index contributed by atoms with van der Waals surface area (Å²) in [6.45, 7) is 3.69. The Morgan fingerprint density at radius 2 is 1.96 bits per heavy atom. The average molecular weight is 395 g/mol. The van der Waals surface area contributed by atoms with E-state index in [0.29, 0.717) is 22.1 Å². The van der Waals surface area contributed by atoms with Crippen LogP contribution in [0.3, 0.4) is 0 Å². The van der Waals surface area contributed by atoms with Crippen molar-refractivity contribution in [3.8, 4) is 10.8 Å². The maximum Gasteiger partial charge on any atom is 0.263 e. The van der Waals surface area contributed by atoms with Crippen LogP contribution < -0.4 is 10.2 Å². The molecule has 4 heterocycles. The van der Waals surface area contributed by atoms with Crippen LogP contribution in [-0.2, 0) is 6.42 Å². The van der Waals surface area contributed by atoms with Crippen LogP contribution in [0.1, 0.15) is 35.1 Å². The highest BCUT2D eigenvalue weighted by atomic mass is 32.1. The molecular formula is C19H21N7OS. The van der Waals surface area contributed by atoms with Gasteiger partial charge in [0.2, 0.25) is 0 Å². The van der Waals surface area contributed by atoms with Gasteiger partial charge in [0.05, 0.1) is 11.9 Å². The van der Waals surface area contributed by atoms with Gasteiger partial charge in [-0.25, -0.2) is 19.9 Å². The van der Waals surface area contributed by atoms with Crippen LogP contribution in [0.4, 0.5) is 5.82 Å². The molecule has 0 bridgehead atoms. The maximum absolute atomic E-state index is 12.9. The van der Waals surface area contributed by atoms with Gasteiger partial charge in [-0.3, -0.25) is 9.78 Å². The number of nitrogens with one attached hydrogen (secondary N) is 1. The van der Waals surface area contributed by atoms with Crippen LogP contribution in [0.25, 0.3) is 10.8 Å². The van der Waals surface area contributed by atoms with Crippen molar-refractivity contribution in [2.45, 2.75) is 32.2 Å². The fraction of sp³-hybridized carbons (Fsp3) is 0.368. The fourth-order valence-corrected chi connectivity index (χ4v) is 4.24. The summed E-state index contributed by atoms with van der Waals surface area (Å²) in [7, 11) is 0. The Hall–Kier alpha value is -2.94. The SMILES string of the molecule is CCc1nc(-c2ncccn2)sc1C(=O)NC1CCN(c2cnccn2)CC1. The first-order valence-electron chi connectivity index (χ1n) is 9.33. The molecule has 8 nitrogen and oxygen atoms in total.